The molecule has 0 aromatic heterocycles. The van der Waals surface area contributed by atoms with Crippen LogP contribution in [0.1, 0.15) is 40.2 Å². The Labute approximate surface area is 105 Å². The van der Waals surface area contributed by atoms with Crippen LogP contribution >= 0.6 is 0 Å². The summed E-state index contributed by atoms with van der Waals surface area (Å²) >= 11 is 0. The van der Waals surface area contributed by atoms with E-state index < -0.39 is 17.5 Å². The lowest BCUT2D eigenvalue weighted by Gasteiger charge is -2.37. The first kappa shape index (κ1) is 12.1. The molecular formula is C14H22N2O. The van der Waals surface area contributed by atoms with Gasteiger partial charge in [-0.2, -0.15) is 0 Å². The number of amides is 1. The van der Waals surface area contributed by atoms with E-state index >= 15 is 0 Å². The summed E-state index contributed by atoms with van der Waals surface area (Å²) < 4.78 is 7.27. The van der Waals surface area contributed by atoms with Crippen molar-refractivity contribution in [1.82, 2.24) is 4.90 Å². The first-order valence-corrected chi connectivity index (χ1v) is 5.71. The second-order valence-corrected chi connectivity index (χ2v) is 5.48. The normalized spacial score (nSPS) is 13.2. The van der Waals surface area contributed by atoms with E-state index in [2.05, 4.69) is 0 Å². The summed E-state index contributed by atoms with van der Waals surface area (Å²) in [4.78, 5) is 12.7. The molecule has 1 aromatic rings. The van der Waals surface area contributed by atoms with Crippen LogP contribution in [0.3, 0.4) is 0 Å². The Bertz CT molecular complexity index is 449. The fourth-order valence-electron chi connectivity index (χ4n) is 1.87. The Balaban J connectivity index is 3.37. The molecule has 1 amide bonds. The Hall–Kier alpha value is -1.35. The molecular weight excluding hydrogens is 212 g/mol. The number of carbonyl (C=O) groups excluding carboxylic acids is 1. The molecule has 0 spiro atoms. The zero-order chi connectivity index (χ0) is 14.1. The molecule has 2 N–H and O–H groups in total. The lowest BCUT2D eigenvalue weighted by atomic mass is 9.82. The molecule has 3 nitrogen and oxygen atoms in total. The summed E-state index contributed by atoms with van der Waals surface area (Å²) in [5, 5.41) is 0. The molecule has 94 valence electrons. The van der Waals surface area contributed by atoms with E-state index in [4.69, 9.17) is 7.10 Å². The third-order valence-corrected chi connectivity index (χ3v) is 3.26. The molecule has 0 saturated heterocycles. The predicted octanol–water partition coefficient (Wildman–Crippen LogP) is 2.20. The standard InChI is InChI=1S/C14H22N2O/c1-13(2,15)11-8-6-7-9-12(11)14(3,4)16(5)10-17/h6-10H,15H2,1-5H3/i10D. The van der Waals surface area contributed by atoms with E-state index in [0.717, 1.165) is 11.1 Å². The van der Waals surface area contributed by atoms with Crippen LogP contribution in [0.15, 0.2) is 24.3 Å². The van der Waals surface area contributed by atoms with Crippen LogP contribution in [0.2, 0.25) is 0 Å². The summed E-state index contributed by atoms with van der Waals surface area (Å²) in [5.74, 6) is 0. The Morgan fingerprint density at radius 2 is 1.71 bits per heavy atom. The van der Waals surface area contributed by atoms with Gasteiger partial charge in [-0.3, -0.25) is 4.79 Å². The lowest BCUT2D eigenvalue weighted by molar-refractivity contribution is -0.121. The van der Waals surface area contributed by atoms with Crippen LogP contribution in [0.25, 0.3) is 0 Å². The van der Waals surface area contributed by atoms with Gasteiger partial charge in [0.1, 0.15) is 1.37 Å². The summed E-state index contributed by atoms with van der Waals surface area (Å²) in [6, 6.07) is 7.79. The van der Waals surface area contributed by atoms with Crippen LogP contribution in [-0.2, 0) is 15.9 Å². The van der Waals surface area contributed by atoms with Gasteiger partial charge in [-0.05, 0) is 38.8 Å². The highest BCUT2D eigenvalue weighted by Crippen LogP contribution is 2.32. The van der Waals surface area contributed by atoms with Crippen molar-refractivity contribution in [3.63, 3.8) is 0 Å². The van der Waals surface area contributed by atoms with E-state index in [0.29, 0.717) is 0 Å². The molecule has 0 bridgehead atoms. The summed E-state index contributed by atoms with van der Waals surface area (Å²) in [6.07, 6.45) is -0.704. The molecule has 0 radical (unpaired) electrons. The Morgan fingerprint density at radius 3 is 2.12 bits per heavy atom. The van der Waals surface area contributed by atoms with Gasteiger partial charge in [0.15, 0.2) is 0 Å². The van der Waals surface area contributed by atoms with Gasteiger partial charge in [0.2, 0.25) is 6.39 Å². The van der Waals surface area contributed by atoms with Gasteiger partial charge in [-0.15, -0.1) is 0 Å². The Morgan fingerprint density at radius 1 is 1.24 bits per heavy atom. The third-order valence-electron chi connectivity index (χ3n) is 3.26. The van der Waals surface area contributed by atoms with Gasteiger partial charge in [0.25, 0.3) is 0 Å². The highest BCUT2D eigenvalue weighted by atomic mass is 16.1. The average Bonchev–Trinajstić information content (AvgIpc) is 2.26. The van der Waals surface area contributed by atoms with E-state index in [-0.39, 0.29) is 0 Å². The number of nitrogens with two attached hydrogens (primary N) is 1. The second kappa shape index (κ2) is 4.49. The molecule has 1 rings (SSSR count). The maximum atomic E-state index is 11.3. The van der Waals surface area contributed by atoms with Crippen molar-refractivity contribution in [3.05, 3.63) is 35.4 Å². The average molecular weight is 235 g/mol. The van der Waals surface area contributed by atoms with Gasteiger partial charge < -0.3 is 10.6 Å². The van der Waals surface area contributed by atoms with Gasteiger partial charge in [0, 0.05) is 12.6 Å². The summed E-state index contributed by atoms with van der Waals surface area (Å²) in [5.41, 5.74) is 7.09. The number of nitrogens with zero attached hydrogens (tertiary/aromatic N) is 1. The molecule has 0 fully saturated rings. The number of rotatable bonds is 3. The molecule has 1 aromatic carbocycles. The number of hydrogen-bond acceptors (Lipinski definition) is 2. The van der Waals surface area contributed by atoms with E-state index in [9.17, 15) is 4.79 Å². The van der Waals surface area contributed by atoms with Crippen LogP contribution in [0.5, 0.6) is 0 Å². The zero-order valence-electron chi connectivity index (χ0n) is 12.2. The number of hydrogen-bond donors (Lipinski definition) is 1. The van der Waals surface area contributed by atoms with Crippen molar-refractivity contribution in [3.8, 4) is 0 Å². The molecule has 0 atom stereocenters. The molecule has 0 saturated carbocycles. The highest BCUT2D eigenvalue weighted by molar-refractivity contribution is 5.51. The molecule has 3 heteroatoms. The Kier molecular flexibility index (Phi) is 3.20. The molecule has 17 heavy (non-hydrogen) atoms. The van der Waals surface area contributed by atoms with Crippen LogP contribution in [0, 0.1) is 0 Å². The van der Waals surface area contributed by atoms with Crippen molar-refractivity contribution in [1.29, 1.82) is 0 Å². The van der Waals surface area contributed by atoms with E-state index in [1.165, 1.54) is 4.90 Å². The summed E-state index contributed by atoms with van der Waals surface area (Å²) in [7, 11) is 1.63. The van der Waals surface area contributed by atoms with E-state index in [1.54, 1.807) is 7.05 Å². The second-order valence-electron chi connectivity index (χ2n) is 5.48. The minimum Gasteiger partial charge on any atom is -0.339 e. The smallest absolute Gasteiger partial charge is 0.210 e. The SMILES string of the molecule is [2H]C(=O)N(C)C(C)(C)c1ccccc1C(C)(C)N. The third kappa shape index (κ3) is 2.67. The van der Waals surface area contributed by atoms with Crippen molar-refractivity contribution in [2.75, 3.05) is 7.05 Å². The van der Waals surface area contributed by atoms with Gasteiger partial charge in [0.05, 0.1) is 5.54 Å². The lowest BCUT2D eigenvalue weighted by Crippen LogP contribution is -2.41. The fraction of sp³-hybridized carbons (Fsp3) is 0.500. The minimum absolute atomic E-state index is 0.486. The van der Waals surface area contributed by atoms with E-state index in [1.807, 2.05) is 52.0 Å². The summed E-state index contributed by atoms with van der Waals surface area (Å²) in [6.45, 7) is 7.71. The maximum absolute atomic E-state index is 11.3. The number of benzene rings is 1. The van der Waals surface area contributed by atoms with Gasteiger partial charge in [-0.25, -0.2) is 0 Å². The topological polar surface area (TPSA) is 46.3 Å². The zero-order valence-corrected chi connectivity index (χ0v) is 11.2. The first-order valence-electron chi connectivity index (χ1n) is 6.21. The first-order chi connectivity index (χ1) is 8.08. The molecule has 0 aliphatic carbocycles. The van der Waals surface area contributed by atoms with Crippen LogP contribution in [0.4, 0.5) is 0 Å². The molecule has 0 heterocycles. The molecule has 0 aliphatic rings. The maximum Gasteiger partial charge on any atom is 0.210 e. The van der Waals surface area contributed by atoms with Crippen LogP contribution < -0.4 is 5.73 Å². The van der Waals surface area contributed by atoms with Gasteiger partial charge in [-0.1, -0.05) is 24.3 Å². The highest BCUT2D eigenvalue weighted by Gasteiger charge is 2.30. The van der Waals surface area contributed by atoms with Crippen molar-refractivity contribution in [2.45, 2.75) is 38.8 Å². The fourth-order valence-corrected chi connectivity index (χ4v) is 1.87. The largest absolute Gasteiger partial charge is 0.339 e. The van der Waals surface area contributed by atoms with Crippen molar-refractivity contribution >= 4 is 6.39 Å². The molecule has 0 aliphatic heterocycles. The monoisotopic (exact) mass is 235 g/mol. The van der Waals surface area contributed by atoms with Crippen LogP contribution in [-0.4, -0.2) is 18.3 Å². The quantitative estimate of drug-likeness (QED) is 0.816. The van der Waals surface area contributed by atoms with Gasteiger partial charge >= 0.3 is 0 Å². The predicted molar refractivity (Wildman–Crippen MR) is 70.5 cm³/mol. The van der Waals surface area contributed by atoms with Crippen molar-refractivity contribution in [2.24, 2.45) is 5.73 Å². The molecule has 0 unspecified atom stereocenters. The van der Waals surface area contributed by atoms with Crippen molar-refractivity contribution < 1.29 is 6.17 Å². The minimum atomic E-state index is -0.704. The number of carbonyl (C=O) groups is 1.